The Balaban J connectivity index is 1.97. The lowest BCUT2D eigenvalue weighted by atomic mass is 9.96. The summed E-state index contributed by atoms with van der Waals surface area (Å²) in [6.07, 6.45) is 5.33. The first-order chi connectivity index (χ1) is 9.22. The summed E-state index contributed by atoms with van der Waals surface area (Å²) in [5.74, 6) is 0.0435. The molecule has 1 aliphatic carbocycles. The molecule has 1 fully saturated rings. The number of amides is 1. The number of aliphatic hydroxyl groups is 1. The zero-order chi connectivity index (χ0) is 13.7. The Morgan fingerprint density at radius 1 is 1.42 bits per heavy atom. The predicted molar refractivity (Wildman–Crippen MR) is 78.5 cm³/mol. The van der Waals surface area contributed by atoms with Crippen LogP contribution in [-0.2, 0) is 10.2 Å². The number of hydrogen-bond donors (Lipinski definition) is 2. The van der Waals surface area contributed by atoms with Gasteiger partial charge in [0.15, 0.2) is 0 Å². The van der Waals surface area contributed by atoms with Crippen molar-refractivity contribution in [2.75, 3.05) is 19.4 Å². The van der Waals surface area contributed by atoms with Crippen molar-refractivity contribution in [2.24, 2.45) is 0 Å². The first-order valence-corrected chi connectivity index (χ1v) is 7.95. The number of benzene rings is 1. The normalized spacial score (nSPS) is 16.1. The standard InChI is InChI=1S/C15H21NO2S/c1-19-13-6-3-2-5-12(13)15(8-9-15)11-16-14(18)7-4-10-17/h2-3,5-6,17H,4,7-11H2,1H3,(H,16,18). The molecule has 0 aliphatic heterocycles. The van der Waals surface area contributed by atoms with Crippen LogP contribution in [-0.4, -0.2) is 30.4 Å². The molecule has 1 aromatic carbocycles. The molecule has 0 spiro atoms. The second-order valence-corrected chi connectivity index (χ2v) is 5.93. The average Bonchev–Trinajstić information content (AvgIpc) is 3.24. The van der Waals surface area contributed by atoms with Crippen LogP contribution in [0.15, 0.2) is 29.2 Å². The molecule has 2 N–H and O–H groups in total. The molecule has 0 bridgehead atoms. The van der Waals surface area contributed by atoms with Gasteiger partial charge in [-0.3, -0.25) is 4.79 Å². The Hall–Kier alpha value is -1.00. The summed E-state index contributed by atoms with van der Waals surface area (Å²) < 4.78 is 0. The largest absolute Gasteiger partial charge is 0.396 e. The lowest BCUT2D eigenvalue weighted by molar-refractivity contribution is -0.121. The van der Waals surface area contributed by atoms with E-state index in [4.69, 9.17) is 5.11 Å². The highest BCUT2D eigenvalue weighted by Gasteiger charge is 2.45. The maximum absolute atomic E-state index is 11.6. The van der Waals surface area contributed by atoms with Crippen LogP contribution in [0.2, 0.25) is 0 Å². The van der Waals surface area contributed by atoms with Crippen LogP contribution in [0, 0.1) is 0 Å². The predicted octanol–water partition coefficient (Wildman–Crippen LogP) is 2.33. The molecule has 3 nitrogen and oxygen atoms in total. The molecule has 1 amide bonds. The van der Waals surface area contributed by atoms with Gasteiger partial charge >= 0.3 is 0 Å². The highest BCUT2D eigenvalue weighted by Crippen LogP contribution is 2.50. The van der Waals surface area contributed by atoms with Gasteiger partial charge in [-0.15, -0.1) is 11.8 Å². The fourth-order valence-corrected chi connectivity index (χ4v) is 3.09. The molecule has 1 aromatic rings. The third-order valence-corrected chi connectivity index (χ3v) is 4.51. The number of nitrogens with one attached hydrogen (secondary N) is 1. The van der Waals surface area contributed by atoms with Gasteiger partial charge in [0.25, 0.3) is 0 Å². The summed E-state index contributed by atoms with van der Waals surface area (Å²) in [5, 5.41) is 11.7. The minimum Gasteiger partial charge on any atom is -0.396 e. The lowest BCUT2D eigenvalue weighted by Crippen LogP contribution is -2.32. The van der Waals surface area contributed by atoms with Gasteiger partial charge in [-0.05, 0) is 37.1 Å². The third kappa shape index (κ3) is 3.51. The maximum atomic E-state index is 11.6. The molecule has 0 unspecified atom stereocenters. The Kier molecular flexibility index (Phi) is 4.88. The molecule has 0 atom stereocenters. The number of rotatable bonds is 7. The topological polar surface area (TPSA) is 49.3 Å². The van der Waals surface area contributed by atoms with E-state index in [-0.39, 0.29) is 17.9 Å². The third-order valence-electron chi connectivity index (χ3n) is 3.72. The molecular weight excluding hydrogens is 258 g/mol. The van der Waals surface area contributed by atoms with E-state index in [0.717, 1.165) is 19.4 Å². The molecule has 2 rings (SSSR count). The first-order valence-electron chi connectivity index (χ1n) is 6.73. The van der Waals surface area contributed by atoms with E-state index in [0.29, 0.717) is 12.8 Å². The fraction of sp³-hybridized carbons (Fsp3) is 0.533. The van der Waals surface area contributed by atoms with E-state index in [1.54, 1.807) is 11.8 Å². The highest BCUT2D eigenvalue weighted by molar-refractivity contribution is 7.98. The monoisotopic (exact) mass is 279 g/mol. The van der Waals surface area contributed by atoms with E-state index in [1.807, 2.05) is 0 Å². The first kappa shape index (κ1) is 14.4. The van der Waals surface area contributed by atoms with Gasteiger partial charge in [-0.2, -0.15) is 0 Å². The SMILES string of the molecule is CSc1ccccc1C1(CNC(=O)CCCO)CC1. The highest BCUT2D eigenvalue weighted by atomic mass is 32.2. The number of hydrogen-bond acceptors (Lipinski definition) is 3. The molecule has 0 aromatic heterocycles. The van der Waals surface area contributed by atoms with Crippen molar-refractivity contribution < 1.29 is 9.90 Å². The summed E-state index contributed by atoms with van der Waals surface area (Å²) >= 11 is 1.76. The maximum Gasteiger partial charge on any atom is 0.220 e. The molecule has 1 saturated carbocycles. The van der Waals surface area contributed by atoms with Crippen molar-refractivity contribution in [2.45, 2.75) is 36.0 Å². The summed E-state index contributed by atoms with van der Waals surface area (Å²) in [6.45, 7) is 0.794. The van der Waals surface area contributed by atoms with Crippen molar-refractivity contribution in [3.8, 4) is 0 Å². The molecular formula is C15H21NO2S. The van der Waals surface area contributed by atoms with Crippen LogP contribution in [0.1, 0.15) is 31.2 Å². The summed E-state index contributed by atoms with van der Waals surface area (Å²) in [5.41, 5.74) is 1.51. The number of carbonyl (C=O) groups is 1. The van der Waals surface area contributed by atoms with Crippen LogP contribution in [0.4, 0.5) is 0 Å². The van der Waals surface area contributed by atoms with Gasteiger partial charge < -0.3 is 10.4 Å². The number of aliphatic hydroxyl groups excluding tert-OH is 1. The number of thioether (sulfide) groups is 1. The van der Waals surface area contributed by atoms with Gasteiger partial charge in [0.05, 0.1) is 0 Å². The van der Waals surface area contributed by atoms with Gasteiger partial charge in [0, 0.05) is 29.9 Å². The molecule has 4 heteroatoms. The fourth-order valence-electron chi connectivity index (χ4n) is 2.37. The minimum atomic E-state index is 0.0435. The zero-order valence-electron chi connectivity index (χ0n) is 11.3. The van der Waals surface area contributed by atoms with E-state index >= 15 is 0 Å². The van der Waals surface area contributed by atoms with Gasteiger partial charge in [0.1, 0.15) is 0 Å². The zero-order valence-corrected chi connectivity index (χ0v) is 12.1. The molecule has 104 valence electrons. The van der Waals surface area contributed by atoms with Crippen LogP contribution in [0.3, 0.4) is 0 Å². The summed E-state index contributed by atoms with van der Waals surface area (Å²) in [7, 11) is 0. The number of carbonyl (C=O) groups excluding carboxylic acids is 1. The molecule has 19 heavy (non-hydrogen) atoms. The van der Waals surface area contributed by atoms with Gasteiger partial charge in [0.2, 0.25) is 5.91 Å². The Morgan fingerprint density at radius 2 is 2.16 bits per heavy atom. The van der Waals surface area contributed by atoms with E-state index < -0.39 is 0 Å². The van der Waals surface area contributed by atoms with Crippen molar-refractivity contribution in [1.29, 1.82) is 0 Å². The molecule has 1 aliphatic rings. The van der Waals surface area contributed by atoms with E-state index in [9.17, 15) is 4.79 Å². The Bertz CT molecular complexity index is 444. The Morgan fingerprint density at radius 3 is 2.79 bits per heavy atom. The van der Waals surface area contributed by atoms with Gasteiger partial charge in [-0.25, -0.2) is 0 Å². The van der Waals surface area contributed by atoms with Crippen molar-refractivity contribution >= 4 is 17.7 Å². The van der Waals surface area contributed by atoms with Gasteiger partial charge in [-0.1, -0.05) is 18.2 Å². The molecule has 0 saturated heterocycles. The van der Waals surface area contributed by atoms with E-state index in [2.05, 4.69) is 35.8 Å². The lowest BCUT2D eigenvalue weighted by Gasteiger charge is -2.19. The Labute approximate surface area is 118 Å². The minimum absolute atomic E-state index is 0.0435. The van der Waals surface area contributed by atoms with Crippen LogP contribution < -0.4 is 5.32 Å². The van der Waals surface area contributed by atoms with Crippen molar-refractivity contribution in [1.82, 2.24) is 5.32 Å². The van der Waals surface area contributed by atoms with Crippen molar-refractivity contribution in [3.05, 3.63) is 29.8 Å². The van der Waals surface area contributed by atoms with E-state index in [1.165, 1.54) is 10.5 Å². The molecule has 0 heterocycles. The quantitative estimate of drug-likeness (QED) is 0.753. The second-order valence-electron chi connectivity index (χ2n) is 5.08. The van der Waals surface area contributed by atoms with Crippen LogP contribution >= 0.6 is 11.8 Å². The van der Waals surface area contributed by atoms with Crippen molar-refractivity contribution in [3.63, 3.8) is 0 Å². The second kappa shape index (κ2) is 6.44. The summed E-state index contributed by atoms with van der Waals surface area (Å²) in [4.78, 5) is 12.9. The molecule has 0 radical (unpaired) electrons. The summed E-state index contributed by atoms with van der Waals surface area (Å²) in [6, 6.07) is 8.46. The smallest absolute Gasteiger partial charge is 0.220 e. The van der Waals surface area contributed by atoms with Crippen LogP contribution in [0.5, 0.6) is 0 Å². The van der Waals surface area contributed by atoms with Crippen LogP contribution in [0.25, 0.3) is 0 Å². The average molecular weight is 279 g/mol.